The van der Waals surface area contributed by atoms with Gasteiger partial charge in [0.15, 0.2) is 0 Å². The van der Waals surface area contributed by atoms with E-state index in [1.807, 2.05) is 17.0 Å². The number of hydrogen-bond acceptors (Lipinski definition) is 3. The van der Waals surface area contributed by atoms with Gasteiger partial charge in [0.05, 0.1) is 17.1 Å². The van der Waals surface area contributed by atoms with Gasteiger partial charge in [-0.05, 0) is 36.6 Å². The van der Waals surface area contributed by atoms with Crippen LogP contribution in [0.25, 0.3) is 11.0 Å². The molecule has 1 unspecified atom stereocenters. The molecular formula is C22H26N4O. The molecule has 0 bridgehead atoms. The first-order chi connectivity index (χ1) is 13.1. The molecule has 0 radical (unpaired) electrons. The first-order valence-corrected chi connectivity index (χ1v) is 9.62. The highest BCUT2D eigenvalue weighted by molar-refractivity contribution is 5.78. The third-order valence-electron chi connectivity index (χ3n) is 5.39. The van der Waals surface area contributed by atoms with Crippen LogP contribution in [0, 0.1) is 0 Å². The number of nitrogens with zero attached hydrogens (tertiary/aromatic N) is 3. The van der Waals surface area contributed by atoms with Crippen LogP contribution in [0.4, 0.5) is 0 Å². The van der Waals surface area contributed by atoms with Crippen molar-refractivity contribution in [2.24, 2.45) is 7.05 Å². The summed E-state index contributed by atoms with van der Waals surface area (Å²) in [7, 11) is 2.07. The van der Waals surface area contributed by atoms with Gasteiger partial charge >= 0.3 is 0 Å². The Morgan fingerprint density at radius 3 is 2.56 bits per heavy atom. The first-order valence-electron chi connectivity index (χ1n) is 9.62. The minimum absolute atomic E-state index is 0.157. The minimum Gasteiger partial charge on any atom is -0.338 e. The number of carbonyl (C=O) groups is 1. The van der Waals surface area contributed by atoms with Gasteiger partial charge in [-0.15, -0.1) is 0 Å². The van der Waals surface area contributed by atoms with Crippen LogP contribution in [-0.4, -0.2) is 26.9 Å². The van der Waals surface area contributed by atoms with Crippen molar-refractivity contribution in [3.63, 3.8) is 0 Å². The highest BCUT2D eigenvalue weighted by Crippen LogP contribution is 2.20. The number of aromatic nitrogens is 2. The maximum absolute atomic E-state index is 11.8. The van der Waals surface area contributed by atoms with Crippen molar-refractivity contribution in [2.75, 3.05) is 6.54 Å². The number of carbonyl (C=O) groups excluding carboxylic acids is 1. The number of benzene rings is 2. The molecule has 0 aliphatic carbocycles. The van der Waals surface area contributed by atoms with Gasteiger partial charge in [-0.2, -0.15) is 0 Å². The van der Waals surface area contributed by atoms with Crippen molar-refractivity contribution in [1.29, 1.82) is 0 Å². The van der Waals surface area contributed by atoms with Crippen LogP contribution in [0.15, 0.2) is 48.5 Å². The molecule has 1 fully saturated rings. The maximum atomic E-state index is 11.8. The summed E-state index contributed by atoms with van der Waals surface area (Å²) in [5.41, 5.74) is 4.61. The normalized spacial score (nSPS) is 15.6. The molecule has 140 valence electrons. The van der Waals surface area contributed by atoms with Crippen LogP contribution >= 0.6 is 0 Å². The van der Waals surface area contributed by atoms with Crippen LogP contribution in [-0.2, 0) is 24.9 Å². The van der Waals surface area contributed by atoms with E-state index >= 15 is 0 Å². The van der Waals surface area contributed by atoms with Gasteiger partial charge in [0.2, 0.25) is 5.91 Å². The highest BCUT2D eigenvalue weighted by atomic mass is 16.2. The zero-order chi connectivity index (χ0) is 18.8. The van der Waals surface area contributed by atoms with E-state index < -0.39 is 0 Å². The molecule has 3 aromatic rings. The second kappa shape index (κ2) is 7.53. The van der Waals surface area contributed by atoms with Crippen LogP contribution < -0.4 is 5.32 Å². The van der Waals surface area contributed by atoms with E-state index in [0.717, 1.165) is 42.9 Å². The molecule has 4 rings (SSSR count). The second-order valence-corrected chi connectivity index (χ2v) is 7.36. The Balaban J connectivity index is 1.37. The van der Waals surface area contributed by atoms with E-state index in [1.54, 1.807) is 0 Å². The van der Waals surface area contributed by atoms with Gasteiger partial charge < -0.3 is 14.8 Å². The fraction of sp³-hybridized carbons (Fsp3) is 0.364. The zero-order valence-electron chi connectivity index (χ0n) is 16.0. The van der Waals surface area contributed by atoms with E-state index in [2.05, 4.69) is 60.3 Å². The Hall–Kier alpha value is -2.66. The van der Waals surface area contributed by atoms with E-state index in [4.69, 9.17) is 4.98 Å². The van der Waals surface area contributed by atoms with Gasteiger partial charge in [-0.3, -0.25) is 4.79 Å². The Kier molecular flexibility index (Phi) is 4.94. The van der Waals surface area contributed by atoms with E-state index in [9.17, 15) is 4.79 Å². The predicted molar refractivity (Wildman–Crippen MR) is 107 cm³/mol. The molecule has 1 N–H and O–H groups in total. The summed E-state index contributed by atoms with van der Waals surface area (Å²) in [5, 5.41) is 3.57. The molecule has 2 heterocycles. The SMILES string of the molecule is CC(NCc1ccc(CN2CCCC2=O)cc1)c1nc2ccccc2n1C. The van der Waals surface area contributed by atoms with Crippen LogP contribution in [0.1, 0.15) is 42.8 Å². The number of aryl methyl sites for hydroxylation is 1. The van der Waals surface area contributed by atoms with Crippen LogP contribution in [0.5, 0.6) is 0 Å². The number of para-hydroxylation sites is 2. The van der Waals surface area contributed by atoms with Crippen molar-refractivity contribution in [1.82, 2.24) is 19.8 Å². The van der Waals surface area contributed by atoms with Crippen LogP contribution in [0.3, 0.4) is 0 Å². The lowest BCUT2D eigenvalue weighted by Gasteiger charge is -2.16. The molecule has 1 atom stereocenters. The number of nitrogens with one attached hydrogen (secondary N) is 1. The van der Waals surface area contributed by atoms with Gasteiger partial charge in [-0.25, -0.2) is 4.98 Å². The number of imidazole rings is 1. The summed E-state index contributed by atoms with van der Waals surface area (Å²) >= 11 is 0. The summed E-state index contributed by atoms with van der Waals surface area (Å²) in [6.45, 7) is 4.54. The van der Waals surface area contributed by atoms with E-state index in [0.29, 0.717) is 6.42 Å². The monoisotopic (exact) mass is 362 g/mol. The molecule has 1 saturated heterocycles. The number of fused-ring (bicyclic) bond motifs is 1. The molecule has 0 spiro atoms. The molecule has 27 heavy (non-hydrogen) atoms. The number of hydrogen-bond donors (Lipinski definition) is 1. The molecule has 0 saturated carbocycles. The third kappa shape index (κ3) is 3.74. The topological polar surface area (TPSA) is 50.2 Å². The first kappa shape index (κ1) is 17.7. The minimum atomic E-state index is 0.157. The van der Waals surface area contributed by atoms with Gasteiger partial charge in [0, 0.05) is 33.1 Å². The Morgan fingerprint density at radius 1 is 1.11 bits per heavy atom. The Bertz CT molecular complexity index is 945. The smallest absolute Gasteiger partial charge is 0.222 e. The molecule has 1 aromatic heterocycles. The fourth-order valence-corrected chi connectivity index (χ4v) is 3.77. The highest BCUT2D eigenvalue weighted by Gasteiger charge is 2.19. The molecule has 1 aliphatic heterocycles. The van der Waals surface area contributed by atoms with Gasteiger partial charge in [-0.1, -0.05) is 36.4 Å². The number of rotatable bonds is 6. The van der Waals surface area contributed by atoms with Crippen molar-refractivity contribution >= 4 is 16.9 Å². The Labute approximate surface area is 160 Å². The molecular weight excluding hydrogens is 336 g/mol. The summed E-state index contributed by atoms with van der Waals surface area (Å²) in [6, 6.07) is 16.9. The molecule has 1 amide bonds. The van der Waals surface area contributed by atoms with Crippen molar-refractivity contribution in [3.8, 4) is 0 Å². The zero-order valence-corrected chi connectivity index (χ0v) is 16.0. The second-order valence-electron chi connectivity index (χ2n) is 7.36. The molecule has 1 aliphatic rings. The predicted octanol–water partition coefficient (Wildman–Crippen LogP) is 3.55. The number of likely N-dealkylation sites (tertiary alicyclic amines) is 1. The third-order valence-corrected chi connectivity index (χ3v) is 5.39. The fourth-order valence-electron chi connectivity index (χ4n) is 3.77. The lowest BCUT2D eigenvalue weighted by atomic mass is 10.1. The molecule has 5 heteroatoms. The standard InChI is InChI=1S/C22H26N4O/c1-16(22-24-19-6-3-4-7-20(19)25(22)2)23-14-17-9-11-18(12-10-17)15-26-13-5-8-21(26)27/h3-4,6-7,9-12,16,23H,5,8,13-15H2,1-2H3. The summed E-state index contributed by atoms with van der Waals surface area (Å²) in [4.78, 5) is 18.5. The lowest BCUT2D eigenvalue weighted by molar-refractivity contribution is -0.128. The van der Waals surface area contributed by atoms with Crippen molar-refractivity contribution < 1.29 is 4.79 Å². The van der Waals surface area contributed by atoms with Gasteiger partial charge in [0.25, 0.3) is 0 Å². The average molecular weight is 362 g/mol. The largest absolute Gasteiger partial charge is 0.338 e. The number of amides is 1. The van der Waals surface area contributed by atoms with Crippen LogP contribution in [0.2, 0.25) is 0 Å². The Morgan fingerprint density at radius 2 is 1.85 bits per heavy atom. The summed E-state index contributed by atoms with van der Waals surface area (Å²) in [6.07, 6.45) is 1.68. The van der Waals surface area contributed by atoms with Crippen molar-refractivity contribution in [3.05, 3.63) is 65.5 Å². The molecule has 2 aromatic carbocycles. The quantitative estimate of drug-likeness (QED) is 0.730. The summed E-state index contributed by atoms with van der Waals surface area (Å²) in [5.74, 6) is 1.32. The van der Waals surface area contributed by atoms with Crippen molar-refractivity contribution in [2.45, 2.75) is 38.9 Å². The van der Waals surface area contributed by atoms with E-state index in [-0.39, 0.29) is 11.9 Å². The lowest BCUT2D eigenvalue weighted by Crippen LogP contribution is -2.24. The molecule has 5 nitrogen and oxygen atoms in total. The average Bonchev–Trinajstić information content (AvgIpc) is 3.24. The summed E-state index contributed by atoms with van der Waals surface area (Å²) < 4.78 is 2.16. The maximum Gasteiger partial charge on any atom is 0.222 e. The van der Waals surface area contributed by atoms with E-state index in [1.165, 1.54) is 11.1 Å². The van der Waals surface area contributed by atoms with Gasteiger partial charge in [0.1, 0.15) is 5.82 Å².